The van der Waals surface area contributed by atoms with Crippen molar-refractivity contribution < 1.29 is 13.9 Å². The molecule has 0 aliphatic rings. The van der Waals surface area contributed by atoms with Gasteiger partial charge in [0.1, 0.15) is 0 Å². The molecule has 0 radical (unpaired) electrons. The number of amides is 1. The van der Waals surface area contributed by atoms with E-state index in [1.807, 2.05) is 0 Å². The molecule has 0 atom stereocenters. The number of carbonyl (C=O) groups excluding carboxylic acids is 1. The molecule has 1 rings (SSSR count). The maximum absolute atomic E-state index is 13.6. The van der Waals surface area contributed by atoms with Crippen LogP contribution in [0.3, 0.4) is 0 Å². The minimum Gasteiger partial charge on any atom is -0.494 e. The highest BCUT2D eigenvalue weighted by atomic mass is 35.5. The number of rotatable bonds is 5. The Labute approximate surface area is 118 Å². The Morgan fingerprint density at radius 1 is 1.47 bits per heavy atom. The van der Waals surface area contributed by atoms with Gasteiger partial charge < -0.3 is 9.64 Å². The summed E-state index contributed by atoms with van der Waals surface area (Å²) in [7, 11) is 3.09. The van der Waals surface area contributed by atoms with Crippen LogP contribution in [0.25, 0.3) is 0 Å². The van der Waals surface area contributed by atoms with Crippen LogP contribution in [0.15, 0.2) is 18.2 Å². The van der Waals surface area contributed by atoms with Gasteiger partial charge in [0.05, 0.1) is 12.5 Å². The van der Waals surface area contributed by atoms with E-state index in [0.29, 0.717) is 12.1 Å². The lowest BCUT2D eigenvalue weighted by Crippen LogP contribution is -2.39. The lowest BCUT2D eigenvalue weighted by atomic mass is 9.94. The summed E-state index contributed by atoms with van der Waals surface area (Å²) in [6.07, 6.45) is 0. The first-order valence-corrected chi connectivity index (χ1v) is 6.49. The van der Waals surface area contributed by atoms with Crippen LogP contribution in [0, 0.1) is 11.2 Å². The highest BCUT2D eigenvalue weighted by Gasteiger charge is 2.29. The second kappa shape index (κ2) is 6.24. The van der Waals surface area contributed by atoms with Crippen LogP contribution in [0.5, 0.6) is 5.75 Å². The first kappa shape index (κ1) is 15.8. The van der Waals surface area contributed by atoms with E-state index in [4.69, 9.17) is 16.3 Å². The molecule has 0 saturated heterocycles. The van der Waals surface area contributed by atoms with E-state index in [2.05, 4.69) is 0 Å². The lowest BCUT2D eigenvalue weighted by molar-refractivity contribution is -0.138. The Balaban J connectivity index is 2.80. The van der Waals surface area contributed by atoms with Gasteiger partial charge >= 0.3 is 0 Å². The summed E-state index contributed by atoms with van der Waals surface area (Å²) in [5.74, 6) is -0.0670. The van der Waals surface area contributed by atoms with Crippen LogP contribution in [0.4, 0.5) is 4.39 Å². The van der Waals surface area contributed by atoms with Crippen molar-refractivity contribution in [2.75, 3.05) is 20.0 Å². The molecule has 0 unspecified atom stereocenters. The van der Waals surface area contributed by atoms with Crippen LogP contribution in [-0.4, -0.2) is 30.8 Å². The van der Waals surface area contributed by atoms with Crippen molar-refractivity contribution in [3.63, 3.8) is 0 Å². The molecular formula is C14H19ClFNO2. The summed E-state index contributed by atoms with van der Waals surface area (Å²) in [5, 5.41) is 0. The monoisotopic (exact) mass is 287 g/mol. The molecule has 5 heteroatoms. The summed E-state index contributed by atoms with van der Waals surface area (Å²) in [6, 6.07) is 4.66. The van der Waals surface area contributed by atoms with Crippen molar-refractivity contribution in [3.05, 3.63) is 29.6 Å². The third-order valence-electron chi connectivity index (χ3n) is 2.90. The zero-order chi connectivity index (χ0) is 14.6. The zero-order valence-corrected chi connectivity index (χ0v) is 12.4. The predicted molar refractivity (Wildman–Crippen MR) is 73.9 cm³/mol. The molecule has 0 heterocycles. The van der Waals surface area contributed by atoms with Crippen molar-refractivity contribution >= 4 is 17.5 Å². The smallest absolute Gasteiger partial charge is 0.229 e. The fourth-order valence-electron chi connectivity index (χ4n) is 1.73. The number of ether oxygens (including phenoxy) is 1. The number of hydrogen-bond acceptors (Lipinski definition) is 2. The van der Waals surface area contributed by atoms with Crippen LogP contribution in [0.2, 0.25) is 0 Å². The number of halogens is 2. The first-order chi connectivity index (χ1) is 8.81. The van der Waals surface area contributed by atoms with Gasteiger partial charge in [-0.15, -0.1) is 11.6 Å². The SMILES string of the molecule is COc1ccc(CN(C)C(=O)C(C)(C)CCl)cc1F. The quantitative estimate of drug-likeness (QED) is 0.779. The van der Waals surface area contributed by atoms with Crippen molar-refractivity contribution in [1.29, 1.82) is 0 Å². The molecule has 0 spiro atoms. The van der Waals surface area contributed by atoms with Crippen molar-refractivity contribution in [2.24, 2.45) is 5.41 Å². The largest absolute Gasteiger partial charge is 0.494 e. The highest BCUT2D eigenvalue weighted by molar-refractivity contribution is 6.19. The number of carbonyl (C=O) groups is 1. The zero-order valence-electron chi connectivity index (χ0n) is 11.7. The Morgan fingerprint density at radius 3 is 2.58 bits per heavy atom. The number of nitrogens with zero attached hydrogens (tertiary/aromatic N) is 1. The highest BCUT2D eigenvalue weighted by Crippen LogP contribution is 2.22. The number of benzene rings is 1. The molecule has 1 amide bonds. The van der Waals surface area contributed by atoms with Gasteiger partial charge in [-0.25, -0.2) is 4.39 Å². The molecule has 0 bridgehead atoms. The number of alkyl halides is 1. The topological polar surface area (TPSA) is 29.5 Å². The van der Waals surface area contributed by atoms with E-state index in [9.17, 15) is 9.18 Å². The predicted octanol–water partition coefficient (Wildman–Crippen LogP) is 3.06. The Morgan fingerprint density at radius 2 is 2.11 bits per heavy atom. The molecule has 0 aromatic heterocycles. The standard InChI is InChI=1S/C14H19ClFNO2/c1-14(2,9-15)13(18)17(3)8-10-5-6-12(19-4)11(16)7-10/h5-7H,8-9H2,1-4H3. The van der Waals surface area contributed by atoms with E-state index in [-0.39, 0.29) is 17.5 Å². The molecule has 0 aliphatic carbocycles. The van der Waals surface area contributed by atoms with E-state index >= 15 is 0 Å². The van der Waals surface area contributed by atoms with Gasteiger partial charge in [-0.2, -0.15) is 0 Å². The van der Waals surface area contributed by atoms with Crippen LogP contribution >= 0.6 is 11.6 Å². The van der Waals surface area contributed by atoms with Gasteiger partial charge in [0.25, 0.3) is 0 Å². The number of methoxy groups -OCH3 is 1. The van der Waals surface area contributed by atoms with E-state index in [1.165, 1.54) is 13.2 Å². The fourth-order valence-corrected chi connectivity index (χ4v) is 1.84. The summed E-state index contributed by atoms with van der Waals surface area (Å²) in [6.45, 7) is 3.90. The maximum Gasteiger partial charge on any atom is 0.229 e. The Bertz CT molecular complexity index is 463. The molecule has 0 fully saturated rings. The van der Waals surface area contributed by atoms with Crippen molar-refractivity contribution in [2.45, 2.75) is 20.4 Å². The molecule has 0 aliphatic heterocycles. The summed E-state index contributed by atoms with van der Waals surface area (Å²) in [5.41, 5.74) is 0.0842. The van der Waals surface area contributed by atoms with Gasteiger partial charge in [0.2, 0.25) is 5.91 Å². The third-order valence-corrected chi connectivity index (χ3v) is 3.56. The van der Waals surface area contributed by atoms with Crippen molar-refractivity contribution in [3.8, 4) is 5.75 Å². The minimum absolute atomic E-state index is 0.0706. The Hall–Kier alpha value is -1.29. The average molecular weight is 288 g/mol. The van der Waals surface area contributed by atoms with E-state index in [0.717, 1.165) is 0 Å². The van der Waals surface area contributed by atoms with Gasteiger partial charge in [0, 0.05) is 19.5 Å². The van der Waals surface area contributed by atoms with E-state index < -0.39 is 11.2 Å². The maximum atomic E-state index is 13.6. The number of hydrogen-bond donors (Lipinski definition) is 0. The Kier molecular flexibility index (Phi) is 5.18. The lowest BCUT2D eigenvalue weighted by Gasteiger charge is -2.27. The van der Waals surface area contributed by atoms with Crippen molar-refractivity contribution in [1.82, 2.24) is 4.90 Å². The third kappa shape index (κ3) is 3.83. The second-order valence-electron chi connectivity index (χ2n) is 5.15. The molecule has 0 N–H and O–H groups in total. The van der Waals surface area contributed by atoms with Gasteiger partial charge in [0.15, 0.2) is 11.6 Å². The van der Waals surface area contributed by atoms with E-state index in [1.54, 1.807) is 37.9 Å². The van der Waals surface area contributed by atoms with Crippen LogP contribution < -0.4 is 4.74 Å². The molecule has 0 saturated carbocycles. The molecule has 1 aromatic rings. The summed E-state index contributed by atoms with van der Waals surface area (Å²) in [4.78, 5) is 13.7. The molecule has 3 nitrogen and oxygen atoms in total. The molecule has 106 valence electrons. The average Bonchev–Trinajstić information content (AvgIpc) is 2.38. The molecular weight excluding hydrogens is 269 g/mol. The van der Waals surface area contributed by atoms with Gasteiger partial charge in [-0.05, 0) is 31.5 Å². The second-order valence-corrected chi connectivity index (χ2v) is 5.41. The summed E-state index contributed by atoms with van der Waals surface area (Å²) < 4.78 is 18.4. The van der Waals surface area contributed by atoms with Crippen LogP contribution in [0.1, 0.15) is 19.4 Å². The molecule has 1 aromatic carbocycles. The summed E-state index contributed by atoms with van der Waals surface area (Å²) >= 11 is 5.78. The van der Waals surface area contributed by atoms with Gasteiger partial charge in [-0.3, -0.25) is 4.79 Å². The van der Waals surface area contributed by atoms with Gasteiger partial charge in [-0.1, -0.05) is 6.07 Å². The molecule has 19 heavy (non-hydrogen) atoms. The fraction of sp³-hybridized carbons (Fsp3) is 0.500. The normalized spacial score (nSPS) is 11.3. The first-order valence-electron chi connectivity index (χ1n) is 5.95. The minimum atomic E-state index is -0.624. The van der Waals surface area contributed by atoms with Crippen LogP contribution in [-0.2, 0) is 11.3 Å².